The van der Waals surface area contributed by atoms with Gasteiger partial charge in [-0.3, -0.25) is 4.98 Å². The van der Waals surface area contributed by atoms with E-state index in [1.165, 1.54) is 0 Å². The minimum Gasteiger partial charge on any atom is -0.389 e. The number of anilines is 2. The zero-order chi connectivity index (χ0) is 26.0. The summed E-state index contributed by atoms with van der Waals surface area (Å²) in [5, 5.41) is 10.6. The van der Waals surface area contributed by atoms with Crippen molar-refractivity contribution >= 4 is 43.3 Å². The Kier molecular flexibility index (Phi) is 5.56. The Bertz CT molecular complexity index is 1660. The third-order valence-corrected chi connectivity index (χ3v) is 8.04. The van der Waals surface area contributed by atoms with Gasteiger partial charge in [0.15, 0.2) is 11.6 Å². The van der Waals surface area contributed by atoms with Crippen LogP contribution >= 0.6 is 11.3 Å². The summed E-state index contributed by atoms with van der Waals surface area (Å²) in [5.74, 6) is -0.759. The van der Waals surface area contributed by atoms with Crippen molar-refractivity contribution in [1.29, 1.82) is 5.26 Å². The largest absolute Gasteiger partial charge is 0.389 e. The number of allylic oxidation sites excluding steroid dienone is 1. The van der Waals surface area contributed by atoms with E-state index in [1.807, 2.05) is 17.9 Å². The summed E-state index contributed by atoms with van der Waals surface area (Å²) in [7, 11) is 0. The van der Waals surface area contributed by atoms with Crippen molar-refractivity contribution in [2.45, 2.75) is 33.1 Å². The predicted molar refractivity (Wildman–Crippen MR) is 137 cm³/mol. The molecule has 2 aliphatic rings. The first-order valence-corrected chi connectivity index (χ1v) is 12.5. The monoisotopic (exact) mass is 520 g/mol. The number of nitrogens with two attached hydrogens (primary N) is 1. The van der Waals surface area contributed by atoms with Gasteiger partial charge in [0.05, 0.1) is 54.6 Å². The van der Waals surface area contributed by atoms with Crippen molar-refractivity contribution in [2.75, 3.05) is 23.8 Å². The van der Waals surface area contributed by atoms with E-state index in [4.69, 9.17) is 15.2 Å². The molecule has 4 aromatic rings. The van der Waals surface area contributed by atoms with E-state index >= 15 is 4.39 Å². The molecule has 0 amide bonds. The standard InChI is InChI=1S/C26H22F2N6O2S/c1-11(2)34(18-10-35-7-12(18)3)26-32-5-14-15-8-36-9-16(15)19(21(28)22(14)33-26)23-20-13(4-29)25(30)37-24(20)17(27)6-31-23/h5-6,12,18H,1,7-10,30H2,2-3H3. The summed E-state index contributed by atoms with van der Waals surface area (Å²) in [6, 6.07) is 1.98. The average molecular weight is 521 g/mol. The third-order valence-electron chi connectivity index (χ3n) is 7.02. The van der Waals surface area contributed by atoms with E-state index in [0.717, 1.165) is 23.1 Å². The molecule has 0 spiro atoms. The third kappa shape index (κ3) is 3.48. The number of benzene rings is 1. The van der Waals surface area contributed by atoms with Gasteiger partial charge in [0.1, 0.15) is 16.6 Å². The molecule has 2 atom stereocenters. The number of thiophene rings is 1. The molecular weight excluding hydrogens is 498 g/mol. The minimum absolute atomic E-state index is 0.0411. The molecule has 0 saturated carbocycles. The maximum Gasteiger partial charge on any atom is 0.230 e. The minimum atomic E-state index is -0.644. The topological polar surface area (TPSA) is 110 Å². The van der Waals surface area contributed by atoms with Crippen LogP contribution in [0.5, 0.6) is 0 Å². The van der Waals surface area contributed by atoms with Crippen LogP contribution in [0, 0.1) is 28.9 Å². The molecule has 37 heavy (non-hydrogen) atoms. The van der Waals surface area contributed by atoms with E-state index < -0.39 is 11.6 Å². The zero-order valence-corrected chi connectivity index (χ0v) is 21.0. The molecule has 1 aromatic carbocycles. The van der Waals surface area contributed by atoms with Gasteiger partial charge in [-0.2, -0.15) is 5.26 Å². The van der Waals surface area contributed by atoms with Crippen LogP contribution in [-0.4, -0.2) is 34.2 Å². The van der Waals surface area contributed by atoms with Gasteiger partial charge in [-0.25, -0.2) is 18.7 Å². The van der Waals surface area contributed by atoms with E-state index in [9.17, 15) is 9.65 Å². The molecule has 0 radical (unpaired) electrons. The molecule has 5 heterocycles. The second-order valence-corrected chi connectivity index (χ2v) is 10.4. The second-order valence-electron chi connectivity index (χ2n) is 9.37. The molecule has 3 aromatic heterocycles. The van der Waals surface area contributed by atoms with Crippen LogP contribution in [-0.2, 0) is 22.7 Å². The molecule has 1 saturated heterocycles. The van der Waals surface area contributed by atoms with Crippen LogP contribution in [0.4, 0.5) is 19.7 Å². The predicted octanol–water partition coefficient (Wildman–Crippen LogP) is 5.04. The van der Waals surface area contributed by atoms with E-state index in [1.54, 1.807) is 6.20 Å². The first kappa shape index (κ1) is 23.7. The van der Waals surface area contributed by atoms with Crippen molar-refractivity contribution in [3.63, 3.8) is 0 Å². The average Bonchev–Trinajstić information content (AvgIpc) is 3.60. The Morgan fingerprint density at radius 3 is 2.70 bits per heavy atom. The number of nitrogen functional groups attached to an aromatic ring is 1. The van der Waals surface area contributed by atoms with E-state index in [2.05, 4.69) is 28.5 Å². The van der Waals surface area contributed by atoms with Gasteiger partial charge in [0, 0.05) is 34.1 Å². The maximum atomic E-state index is 16.5. The van der Waals surface area contributed by atoms with Gasteiger partial charge in [-0.1, -0.05) is 13.5 Å². The second kappa shape index (κ2) is 8.69. The lowest BCUT2D eigenvalue weighted by molar-refractivity contribution is 0.135. The van der Waals surface area contributed by atoms with E-state index in [0.29, 0.717) is 35.8 Å². The number of nitriles is 1. The van der Waals surface area contributed by atoms with Crippen LogP contribution in [0.1, 0.15) is 30.5 Å². The number of rotatable bonds is 4. The highest BCUT2D eigenvalue weighted by Gasteiger charge is 2.34. The molecule has 188 valence electrons. The lowest BCUT2D eigenvalue weighted by atomic mass is 9.94. The van der Waals surface area contributed by atoms with Gasteiger partial charge in [0.25, 0.3) is 0 Å². The van der Waals surface area contributed by atoms with Gasteiger partial charge in [-0.05, 0) is 18.1 Å². The smallest absolute Gasteiger partial charge is 0.230 e. The van der Waals surface area contributed by atoms with Crippen LogP contribution in [0.3, 0.4) is 0 Å². The summed E-state index contributed by atoms with van der Waals surface area (Å²) in [6.07, 6.45) is 2.63. The van der Waals surface area contributed by atoms with Crippen LogP contribution in [0.15, 0.2) is 24.7 Å². The van der Waals surface area contributed by atoms with Crippen LogP contribution in [0.25, 0.3) is 32.2 Å². The van der Waals surface area contributed by atoms with Crippen molar-refractivity contribution < 1.29 is 18.3 Å². The molecule has 0 aliphatic carbocycles. The fourth-order valence-electron chi connectivity index (χ4n) is 5.24. The summed E-state index contributed by atoms with van der Waals surface area (Å²) in [5.41, 5.74) is 8.45. The number of fused-ring (bicyclic) bond motifs is 4. The molecule has 0 bridgehead atoms. The number of pyridine rings is 1. The SMILES string of the molecule is C=C(C)N(c1ncc2c3c(c(-c4ncc(F)c5sc(N)c(C#N)c45)c(F)c2n1)COC3)C1COCC1C. The Hall–Kier alpha value is -3.72. The Balaban J connectivity index is 1.64. The van der Waals surface area contributed by atoms with Gasteiger partial charge in [0.2, 0.25) is 5.95 Å². The number of nitrogens with zero attached hydrogens (tertiary/aromatic N) is 5. The number of aromatic nitrogens is 3. The number of hydrogen-bond acceptors (Lipinski definition) is 9. The number of halogens is 2. The fourth-order valence-corrected chi connectivity index (χ4v) is 6.16. The lowest BCUT2D eigenvalue weighted by Gasteiger charge is -2.31. The molecule has 2 unspecified atom stereocenters. The molecule has 2 N–H and O–H groups in total. The Labute approximate surface area is 215 Å². The summed E-state index contributed by atoms with van der Waals surface area (Å²) in [6.45, 7) is 9.46. The maximum absolute atomic E-state index is 16.5. The van der Waals surface area contributed by atoms with Crippen LogP contribution in [0.2, 0.25) is 0 Å². The van der Waals surface area contributed by atoms with Gasteiger partial charge < -0.3 is 20.1 Å². The Morgan fingerprint density at radius 2 is 2.00 bits per heavy atom. The van der Waals surface area contributed by atoms with Crippen LogP contribution < -0.4 is 10.6 Å². The molecule has 8 nitrogen and oxygen atoms in total. The van der Waals surface area contributed by atoms with Gasteiger partial charge in [-0.15, -0.1) is 11.3 Å². The normalized spacial score (nSPS) is 18.9. The highest BCUT2D eigenvalue weighted by molar-refractivity contribution is 7.23. The van der Waals surface area contributed by atoms with Crippen molar-refractivity contribution in [3.05, 3.63) is 53.0 Å². The van der Waals surface area contributed by atoms with Crippen molar-refractivity contribution in [1.82, 2.24) is 15.0 Å². The summed E-state index contributed by atoms with van der Waals surface area (Å²) < 4.78 is 42.7. The molecular formula is C26H22F2N6O2S. The molecule has 2 aliphatic heterocycles. The van der Waals surface area contributed by atoms with Gasteiger partial charge >= 0.3 is 0 Å². The quantitative estimate of drug-likeness (QED) is 0.398. The Morgan fingerprint density at radius 1 is 1.22 bits per heavy atom. The number of ether oxygens (including phenoxy) is 2. The molecule has 6 rings (SSSR count). The lowest BCUT2D eigenvalue weighted by Crippen LogP contribution is -2.39. The molecule has 1 fully saturated rings. The first-order valence-electron chi connectivity index (χ1n) is 11.7. The van der Waals surface area contributed by atoms with Crippen molar-refractivity contribution in [3.8, 4) is 17.3 Å². The summed E-state index contributed by atoms with van der Waals surface area (Å²) >= 11 is 0.938. The zero-order valence-electron chi connectivity index (χ0n) is 20.1. The fraction of sp³-hybridized carbons (Fsp3) is 0.308. The van der Waals surface area contributed by atoms with Crippen molar-refractivity contribution in [2.24, 2.45) is 5.92 Å². The highest BCUT2D eigenvalue weighted by atomic mass is 32.1. The summed E-state index contributed by atoms with van der Waals surface area (Å²) in [4.78, 5) is 15.4. The molecule has 11 heteroatoms. The number of hydrogen-bond donors (Lipinski definition) is 1. The highest BCUT2D eigenvalue weighted by Crippen LogP contribution is 2.45. The van der Waals surface area contributed by atoms with E-state index in [-0.39, 0.29) is 62.6 Å². The first-order chi connectivity index (χ1) is 17.8.